The molecule has 0 radical (unpaired) electrons. The Morgan fingerprint density at radius 1 is 1.06 bits per heavy atom. The molecule has 31 heavy (non-hydrogen) atoms. The lowest BCUT2D eigenvalue weighted by Crippen LogP contribution is -2.53. The molecular weight excluding hydrogens is 388 g/mol. The second-order valence-corrected chi connectivity index (χ2v) is 12.4. The van der Waals surface area contributed by atoms with E-state index in [4.69, 9.17) is 9.47 Å². The average Bonchev–Trinajstić information content (AvgIpc) is 3.18. The Hall–Kier alpha value is -1.00. The predicted molar refractivity (Wildman–Crippen MR) is 117 cm³/mol. The van der Waals surface area contributed by atoms with Crippen molar-refractivity contribution in [1.82, 2.24) is 0 Å². The van der Waals surface area contributed by atoms with Crippen LogP contribution in [0.3, 0.4) is 0 Å². The lowest BCUT2D eigenvalue weighted by molar-refractivity contribution is -0.271. The first-order valence-electron chi connectivity index (χ1n) is 12.8. The molecule has 0 bridgehead atoms. The highest BCUT2D eigenvalue weighted by molar-refractivity contribution is 5.97. The second kappa shape index (κ2) is 6.53. The standard InChI is InChI=1S/C27H38O4/c1-15-7-10-27(30-14-15)16(2)24-22(31-27)12-21-19-6-5-17-11-18(28)8-9-25(17,3)20(19)13-23(29)26(21,24)4/h13,15-17,19,21-22,24H,5-12,14H2,1-4H3/t15-,16+,17+,19-,21+,22+,24+,25+,26-,27-/m1/s1. The first kappa shape index (κ1) is 20.6. The third kappa shape index (κ3) is 2.55. The van der Waals surface area contributed by atoms with Crippen LogP contribution >= 0.6 is 0 Å². The van der Waals surface area contributed by atoms with Crippen molar-refractivity contribution in [1.29, 1.82) is 0 Å². The zero-order valence-electron chi connectivity index (χ0n) is 19.6. The first-order valence-corrected chi connectivity index (χ1v) is 12.8. The van der Waals surface area contributed by atoms with Gasteiger partial charge in [-0.15, -0.1) is 0 Å². The largest absolute Gasteiger partial charge is 0.349 e. The third-order valence-electron chi connectivity index (χ3n) is 11.0. The van der Waals surface area contributed by atoms with E-state index in [0.29, 0.717) is 48.1 Å². The monoisotopic (exact) mass is 426 g/mol. The highest BCUT2D eigenvalue weighted by atomic mass is 16.7. The van der Waals surface area contributed by atoms with Crippen LogP contribution in [0.1, 0.15) is 79.1 Å². The summed E-state index contributed by atoms with van der Waals surface area (Å²) in [6.07, 6.45) is 9.84. The zero-order valence-corrected chi connectivity index (χ0v) is 19.6. The second-order valence-electron chi connectivity index (χ2n) is 12.4. The van der Waals surface area contributed by atoms with Crippen molar-refractivity contribution in [2.45, 2.75) is 91.0 Å². The van der Waals surface area contributed by atoms with Gasteiger partial charge in [-0.1, -0.05) is 33.3 Å². The van der Waals surface area contributed by atoms with Gasteiger partial charge in [0.05, 0.1) is 12.7 Å². The molecule has 0 amide bonds. The van der Waals surface area contributed by atoms with Crippen LogP contribution in [0.4, 0.5) is 0 Å². The van der Waals surface area contributed by atoms with Gasteiger partial charge in [-0.3, -0.25) is 9.59 Å². The highest BCUT2D eigenvalue weighted by Crippen LogP contribution is 2.68. The summed E-state index contributed by atoms with van der Waals surface area (Å²) in [5.41, 5.74) is 1.07. The third-order valence-corrected chi connectivity index (χ3v) is 11.0. The maximum Gasteiger partial charge on any atom is 0.171 e. The van der Waals surface area contributed by atoms with Gasteiger partial charge in [0.15, 0.2) is 11.6 Å². The fourth-order valence-electron chi connectivity index (χ4n) is 9.09. The summed E-state index contributed by atoms with van der Waals surface area (Å²) in [5.74, 6) is 2.61. The summed E-state index contributed by atoms with van der Waals surface area (Å²) < 4.78 is 13.1. The molecule has 2 saturated heterocycles. The molecule has 6 aliphatic rings. The van der Waals surface area contributed by atoms with Gasteiger partial charge in [0.2, 0.25) is 0 Å². The van der Waals surface area contributed by atoms with E-state index in [-0.39, 0.29) is 28.8 Å². The van der Waals surface area contributed by atoms with E-state index in [1.807, 2.05) is 0 Å². The molecule has 10 atom stereocenters. The van der Waals surface area contributed by atoms with Crippen molar-refractivity contribution in [2.75, 3.05) is 6.61 Å². The molecule has 3 saturated carbocycles. The van der Waals surface area contributed by atoms with Crippen LogP contribution in [0.25, 0.3) is 0 Å². The predicted octanol–water partition coefficient (Wildman–Crippen LogP) is 5.10. The Bertz CT molecular complexity index is 851. The fraction of sp³-hybridized carbons (Fsp3) is 0.852. The summed E-state index contributed by atoms with van der Waals surface area (Å²) >= 11 is 0. The van der Waals surface area contributed by atoms with Gasteiger partial charge in [-0.2, -0.15) is 0 Å². The molecule has 0 aromatic rings. The summed E-state index contributed by atoms with van der Waals surface area (Å²) in [5, 5.41) is 0. The van der Waals surface area contributed by atoms with Gasteiger partial charge >= 0.3 is 0 Å². The molecule has 2 heterocycles. The van der Waals surface area contributed by atoms with Crippen molar-refractivity contribution < 1.29 is 19.1 Å². The van der Waals surface area contributed by atoms with Crippen LogP contribution in [0.2, 0.25) is 0 Å². The summed E-state index contributed by atoms with van der Waals surface area (Å²) in [6.45, 7) is 9.90. The lowest BCUT2D eigenvalue weighted by atomic mass is 9.48. The number of hydrogen-bond donors (Lipinski definition) is 0. The topological polar surface area (TPSA) is 52.6 Å². The Morgan fingerprint density at radius 3 is 2.61 bits per heavy atom. The number of rotatable bonds is 0. The minimum Gasteiger partial charge on any atom is -0.349 e. The molecule has 0 aromatic carbocycles. The maximum absolute atomic E-state index is 13.9. The Labute approximate surface area is 186 Å². The minimum atomic E-state index is -0.479. The van der Waals surface area contributed by atoms with Crippen LogP contribution < -0.4 is 0 Å². The SMILES string of the molecule is C[C@@H]1CC[C@@]2(OC1)O[C@H]1C[C@H]3[C@@H]4CC[C@H]5CC(=O)CC[C@]5(C)C4=CC(=O)[C@]3(C)[C@H]1[C@@H]2C. The molecule has 0 N–H and O–H groups in total. The normalized spacial score (nSPS) is 56.0. The fourth-order valence-corrected chi connectivity index (χ4v) is 9.09. The smallest absolute Gasteiger partial charge is 0.171 e. The van der Waals surface area contributed by atoms with E-state index in [1.165, 1.54) is 5.57 Å². The molecule has 5 fully saturated rings. The van der Waals surface area contributed by atoms with E-state index < -0.39 is 5.79 Å². The van der Waals surface area contributed by atoms with Gasteiger partial charge in [0, 0.05) is 36.5 Å². The minimum absolute atomic E-state index is 0.0296. The van der Waals surface area contributed by atoms with Crippen molar-refractivity contribution in [3.05, 3.63) is 11.6 Å². The molecule has 2 aliphatic heterocycles. The van der Waals surface area contributed by atoms with E-state index in [0.717, 1.165) is 45.1 Å². The van der Waals surface area contributed by atoms with Crippen LogP contribution in [-0.2, 0) is 19.1 Å². The Kier molecular flexibility index (Phi) is 4.34. The van der Waals surface area contributed by atoms with E-state index in [2.05, 4.69) is 33.8 Å². The Balaban J connectivity index is 1.35. The number of carbonyl (C=O) groups excluding carboxylic acids is 2. The van der Waals surface area contributed by atoms with Crippen LogP contribution in [0, 0.1) is 46.3 Å². The molecule has 4 nitrogen and oxygen atoms in total. The number of ether oxygens (including phenoxy) is 2. The van der Waals surface area contributed by atoms with Crippen molar-refractivity contribution in [3.63, 3.8) is 0 Å². The molecule has 4 aliphatic carbocycles. The maximum atomic E-state index is 13.9. The van der Waals surface area contributed by atoms with Crippen molar-refractivity contribution in [2.24, 2.45) is 46.3 Å². The van der Waals surface area contributed by atoms with Gasteiger partial charge in [0.1, 0.15) is 5.78 Å². The van der Waals surface area contributed by atoms with Crippen molar-refractivity contribution >= 4 is 11.6 Å². The molecule has 0 unspecified atom stereocenters. The van der Waals surface area contributed by atoms with E-state index in [1.54, 1.807) is 0 Å². The highest BCUT2D eigenvalue weighted by Gasteiger charge is 2.70. The average molecular weight is 427 g/mol. The molecular formula is C27H38O4. The molecule has 4 heteroatoms. The Morgan fingerprint density at radius 2 is 1.87 bits per heavy atom. The zero-order chi connectivity index (χ0) is 21.8. The number of Topliss-reactive ketones (excluding diaryl/α,β-unsaturated/α-hetero) is 1. The van der Waals surface area contributed by atoms with Crippen LogP contribution in [-0.4, -0.2) is 30.1 Å². The number of hydrogen-bond acceptors (Lipinski definition) is 4. The van der Waals surface area contributed by atoms with Gasteiger partial charge in [-0.05, 0) is 67.3 Å². The number of carbonyl (C=O) groups is 2. The van der Waals surface area contributed by atoms with Crippen LogP contribution in [0.15, 0.2) is 11.6 Å². The molecule has 0 aromatic heterocycles. The number of fused-ring (bicyclic) bond motifs is 7. The summed E-state index contributed by atoms with van der Waals surface area (Å²) in [4.78, 5) is 26.0. The van der Waals surface area contributed by atoms with Crippen LogP contribution in [0.5, 0.6) is 0 Å². The molecule has 6 rings (SSSR count). The first-order chi connectivity index (χ1) is 14.7. The summed E-state index contributed by atoms with van der Waals surface area (Å²) in [6, 6.07) is 0. The van der Waals surface area contributed by atoms with E-state index in [9.17, 15) is 9.59 Å². The summed E-state index contributed by atoms with van der Waals surface area (Å²) in [7, 11) is 0. The lowest BCUT2D eigenvalue weighted by Gasteiger charge is -2.55. The van der Waals surface area contributed by atoms with Gasteiger partial charge in [-0.25, -0.2) is 0 Å². The van der Waals surface area contributed by atoms with Gasteiger partial charge < -0.3 is 9.47 Å². The number of ketones is 2. The van der Waals surface area contributed by atoms with Gasteiger partial charge in [0.25, 0.3) is 0 Å². The quantitative estimate of drug-likeness (QED) is 0.541. The number of allylic oxidation sites excluding steroid dienone is 2. The molecule has 1 spiro atoms. The molecule has 170 valence electrons. The van der Waals surface area contributed by atoms with E-state index >= 15 is 0 Å². The van der Waals surface area contributed by atoms with Crippen molar-refractivity contribution in [3.8, 4) is 0 Å².